The van der Waals surface area contributed by atoms with Crippen molar-refractivity contribution in [3.05, 3.63) is 41.0 Å². The highest BCUT2D eigenvalue weighted by Gasteiger charge is 2.30. The lowest BCUT2D eigenvalue weighted by Gasteiger charge is -2.15. The zero-order valence-corrected chi connectivity index (χ0v) is 15.6. The van der Waals surface area contributed by atoms with Crippen LogP contribution in [0.5, 0.6) is 0 Å². The molecule has 1 saturated carbocycles. The van der Waals surface area contributed by atoms with E-state index in [2.05, 4.69) is 25.6 Å². The quantitative estimate of drug-likeness (QED) is 0.624. The molecule has 0 spiro atoms. The normalized spacial score (nSPS) is 13.4. The van der Waals surface area contributed by atoms with Crippen molar-refractivity contribution in [1.82, 2.24) is 15.0 Å². The van der Waals surface area contributed by atoms with Crippen molar-refractivity contribution in [3.8, 4) is 6.07 Å². The van der Waals surface area contributed by atoms with E-state index in [1.165, 1.54) is 12.1 Å². The standard InChI is InChI=1S/C20H19FN6O/c1-3-11-6-13(8-22)14(21)7-15(11)25-18-10(2)16-17(24-9-23-16)19(26-18)27-20(28)12-4-5-12/h6-7,9,12H,3-5H2,1-2H3,(H,23,24)(H2,25,26,27,28). The van der Waals surface area contributed by atoms with Crippen molar-refractivity contribution in [3.63, 3.8) is 0 Å². The minimum atomic E-state index is -0.594. The van der Waals surface area contributed by atoms with Crippen LogP contribution in [0.15, 0.2) is 18.5 Å². The Bertz CT molecular complexity index is 1130. The Balaban J connectivity index is 1.77. The van der Waals surface area contributed by atoms with Crippen LogP contribution < -0.4 is 10.6 Å². The van der Waals surface area contributed by atoms with Gasteiger partial charge < -0.3 is 15.6 Å². The van der Waals surface area contributed by atoms with Gasteiger partial charge in [-0.2, -0.15) is 5.26 Å². The number of H-pyrrole nitrogens is 1. The number of amides is 1. The van der Waals surface area contributed by atoms with Crippen molar-refractivity contribution in [2.45, 2.75) is 33.1 Å². The van der Waals surface area contributed by atoms with Crippen LogP contribution in [0.25, 0.3) is 11.0 Å². The van der Waals surface area contributed by atoms with E-state index in [0.717, 1.165) is 24.0 Å². The van der Waals surface area contributed by atoms with Crippen LogP contribution in [0, 0.1) is 30.0 Å². The SMILES string of the molecule is CCc1cc(C#N)c(F)cc1Nc1nc(NC(=O)C2CC2)c2[nH]cnc2c1C. The largest absolute Gasteiger partial charge is 0.342 e. The van der Waals surface area contributed by atoms with E-state index in [9.17, 15) is 9.18 Å². The molecule has 3 N–H and O–H groups in total. The van der Waals surface area contributed by atoms with Gasteiger partial charge in [0.2, 0.25) is 5.91 Å². The zero-order chi connectivity index (χ0) is 19.8. The van der Waals surface area contributed by atoms with E-state index < -0.39 is 5.82 Å². The maximum Gasteiger partial charge on any atom is 0.228 e. The highest BCUT2D eigenvalue weighted by Crippen LogP contribution is 2.33. The first kappa shape index (κ1) is 17.9. The molecule has 8 heteroatoms. The number of rotatable bonds is 5. The number of nitrogens with zero attached hydrogens (tertiary/aromatic N) is 3. The van der Waals surface area contributed by atoms with Crippen LogP contribution in [0.4, 0.5) is 21.7 Å². The van der Waals surface area contributed by atoms with Crippen LogP contribution in [0.3, 0.4) is 0 Å². The number of aromatic nitrogens is 3. The van der Waals surface area contributed by atoms with Crippen molar-refractivity contribution in [2.75, 3.05) is 10.6 Å². The molecule has 1 aliphatic carbocycles. The molecule has 0 radical (unpaired) electrons. The van der Waals surface area contributed by atoms with Crippen LogP contribution in [0.1, 0.15) is 36.5 Å². The van der Waals surface area contributed by atoms with Gasteiger partial charge in [-0.05, 0) is 43.9 Å². The van der Waals surface area contributed by atoms with Crippen LogP contribution in [-0.2, 0) is 11.2 Å². The van der Waals surface area contributed by atoms with Crippen molar-refractivity contribution < 1.29 is 9.18 Å². The number of fused-ring (bicyclic) bond motifs is 1. The molecule has 1 fully saturated rings. The van der Waals surface area contributed by atoms with Gasteiger partial charge >= 0.3 is 0 Å². The Kier molecular flexibility index (Phi) is 4.43. The fraction of sp³-hybridized carbons (Fsp3) is 0.300. The summed E-state index contributed by atoms with van der Waals surface area (Å²) in [4.78, 5) is 24.1. The number of pyridine rings is 1. The third-order valence-electron chi connectivity index (χ3n) is 4.95. The smallest absolute Gasteiger partial charge is 0.228 e. The molecule has 0 saturated heterocycles. The van der Waals surface area contributed by atoms with E-state index in [1.54, 1.807) is 6.33 Å². The summed E-state index contributed by atoms with van der Waals surface area (Å²) in [6, 6.07) is 4.70. The monoisotopic (exact) mass is 378 g/mol. The molecule has 0 aliphatic heterocycles. The third-order valence-corrected chi connectivity index (χ3v) is 4.95. The average Bonchev–Trinajstić information content (AvgIpc) is 3.42. The van der Waals surface area contributed by atoms with Gasteiger partial charge in [0.15, 0.2) is 5.82 Å². The lowest BCUT2D eigenvalue weighted by Crippen LogP contribution is -2.15. The van der Waals surface area contributed by atoms with Gasteiger partial charge in [-0.15, -0.1) is 0 Å². The van der Waals surface area contributed by atoms with Crippen LogP contribution >= 0.6 is 0 Å². The summed E-state index contributed by atoms with van der Waals surface area (Å²) in [6.07, 6.45) is 3.94. The number of imidazole rings is 1. The van der Waals surface area contributed by atoms with Crippen molar-refractivity contribution in [2.24, 2.45) is 5.92 Å². The van der Waals surface area contributed by atoms with Gasteiger partial charge in [0.05, 0.1) is 17.4 Å². The number of hydrogen-bond acceptors (Lipinski definition) is 5. The molecule has 1 amide bonds. The Labute approximate surface area is 161 Å². The summed E-state index contributed by atoms with van der Waals surface area (Å²) in [6.45, 7) is 3.79. The summed E-state index contributed by atoms with van der Waals surface area (Å²) in [5.74, 6) is 0.255. The number of hydrogen-bond donors (Lipinski definition) is 3. The predicted molar refractivity (Wildman–Crippen MR) is 104 cm³/mol. The van der Waals surface area contributed by atoms with E-state index in [1.807, 2.05) is 19.9 Å². The topological polar surface area (TPSA) is 106 Å². The first-order valence-electron chi connectivity index (χ1n) is 9.15. The molecular weight excluding hydrogens is 359 g/mol. The molecule has 3 aromatic rings. The molecular formula is C20H19FN6O. The summed E-state index contributed by atoms with van der Waals surface area (Å²) >= 11 is 0. The van der Waals surface area contributed by atoms with E-state index in [0.29, 0.717) is 34.8 Å². The fourth-order valence-corrected chi connectivity index (χ4v) is 3.14. The Hall–Kier alpha value is -3.47. The Morgan fingerprint density at radius 3 is 2.86 bits per heavy atom. The number of carbonyl (C=O) groups is 1. The van der Waals surface area contributed by atoms with Gasteiger partial charge in [0.25, 0.3) is 0 Å². The maximum atomic E-state index is 14.2. The summed E-state index contributed by atoms with van der Waals surface area (Å²) in [5.41, 5.74) is 3.43. The van der Waals surface area contributed by atoms with E-state index >= 15 is 0 Å². The third kappa shape index (κ3) is 3.16. The number of anilines is 3. The molecule has 4 rings (SSSR count). The van der Waals surface area contributed by atoms with Gasteiger partial charge in [0, 0.05) is 17.2 Å². The lowest BCUT2D eigenvalue weighted by atomic mass is 10.1. The first-order chi connectivity index (χ1) is 13.5. The summed E-state index contributed by atoms with van der Waals surface area (Å²) in [7, 11) is 0. The second kappa shape index (κ2) is 6.93. The molecule has 0 atom stereocenters. The maximum absolute atomic E-state index is 14.2. The predicted octanol–water partition coefficient (Wildman–Crippen LogP) is 3.93. The average molecular weight is 378 g/mol. The number of nitriles is 1. The highest BCUT2D eigenvalue weighted by atomic mass is 19.1. The molecule has 2 aromatic heterocycles. The van der Waals surface area contributed by atoms with Crippen LogP contribution in [0.2, 0.25) is 0 Å². The molecule has 0 unspecified atom stereocenters. The highest BCUT2D eigenvalue weighted by molar-refractivity contribution is 6.01. The zero-order valence-electron chi connectivity index (χ0n) is 15.6. The minimum absolute atomic E-state index is 0.00669. The molecule has 1 aliphatic rings. The molecule has 2 heterocycles. The number of aryl methyl sites for hydroxylation is 2. The number of nitrogens with one attached hydrogen (secondary N) is 3. The molecule has 0 bridgehead atoms. The van der Waals surface area contributed by atoms with Gasteiger partial charge in [-0.1, -0.05) is 6.92 Å². The van der Waals surface area contributed by atoms with Gasteiger partial charge in [-0.25, -0.2) is 14.4 Å². The van der Waals surface area contributed by atoms with Crippen molar-refractivity contribution >= 4 is 34.3 Å². The molecule has 142 valence electrons. The second-order valence-corrected chi connectivity index (χ2v) is 6.90. The van der Waals surface area contributed by atoms with Gasteiger partial charge in [0.1, 0.15) is 23.2 Å². The molecule has 28 heavy (non-hydrogen) atoms. The Morgan fingerprint density at radius 2 is 2.18 bits per heavy atom. The number of aromatic amines is 1. The van der Waals surface area contributed by atoms with E-state index in [4.69, 9.17) is 5.26 Å². The number of carbonyl (C=O) groups excluding carboxylic acids is 1. The second-order valence-electron chi connectivity index (χ2n) is 6.90. The Morgan fingerprint density at radius 1 is 1.39 bits per heavy atom. The molecule has 7 nitrogen and oxygen atoms in total. The van der Waals surface area contributed by atoms with Crippen LogP contribution in [-0.4, -0.2) is 20.9 Å². The lowest BCUT2D eigenvalue weighted by molar-refractivity contribution is -0.117. The summed E-state index contributed by atoms with van der Waals surface area (Å²) in [5, 5.41) is 15.1. The van der Waals surface area contributed by atoms with E-state index in [-0.39, 0.29) is 17.4 Å². The fourth-order valence-electron chi connectivity index (χ4n) is 3.14. The molecule has 1 aromatic carbocycles. The number of benzene rings is 1. The summed E-state index contributed by atoms with van der Waals surface area (Å²) < 4.78 is 14.2. The number of halogens is 1. The van der Waals surface area contributed by atoms with Gasteiger partial charge in [-0.3, -0.25) is 4.79 Å². The minimum Gasteiger partial charge on any atom is -0.342 e. The van der Waals surface area contributed by atoms with Crippen molar-refractivity contribution in [1.29, 1.82) is 5.26 Å². The first-order valence-corrected chi connectivity index (χ1v) is 9.15.